The van der Waals surface area contributed by atoms with Crippen LogP contribution in [-0.2, 0) is 23.6 Å². The van der Waals surface area contributed by atoms with E-state index in [2.05, 4.69) is 5.10 Å². The van der Waals surface area contributed by atoms with Gasteiger partial charge in [-0.05, 0) is 24.3 Å². The van der Waals surface area contributed by atoms with Gasteiger partial charge in [-0.15, -0.1) is 11.3 Å². The molecule has 2 aromatic heterocycles. The van der Waals surface area contributed by atoms with E-state index in [1.807, 2.05) is 13.2 Å². The van der Waals surface area contributed by atoms with Crippen molar-refractivity contribution < 1.29 is 13.2 Å². The number of thiophene rings is 1. The van der Waals surface area contributed by atoms with Gasteiger partial charge in [0.05, 0.1) is 6.20 Å². The molecule has 0 aromatic carbocycles. The number of aryl methyl sites for hydroxylation is 1. The SMILES string of the molecule is CN(Cc1cnn(C)c1)C(=O)c1sccc1S(=O)(=O)N1CCCCC1. The van der Waals surface area contributed by atoms with Gasteiger partial charge in [-0.2, -0.15) is 9.40 Å². The van der Waals surface area contributed by atoms with Crippen LogP contribution in [-0.4, -0.2) is 53.4 Å². The second-order valence-corrected chi connectivity index (χ2v) is 9.08. The van der Waals surface area contributed by atoms with Crippen LogP contribution in [0.5, 0.6) is 0 Å². The number of sulfonamides is 1. The van der Waals surface area contributed by atoms with Crippen LogP contribution in [0.15, 0.2) is 28.7 Å². The number of hydrogen-bond acceptors (Lipinski definition) is 5. The molecular formula is C16H22N4O3S2. The summed E-state index contributed by atoms with van der Waals surface area (Å²) in [4.78, 5) is 14.7. The number of hydrogen-bond donors (Lipinski definition) is 0. The zero-order valence-corrected chi connectivity index (χ0v) is 16.0. The fraction of sp³-hybridized carbons (Fsp3) is 0.500. The molecule has 1 amide bonds. The van der Waals surface area contributed by atoms with E-state index in [-0.39, 0.29) is 15.7 Å². The molecule has 0 unspecified atom stereocenters. The minimum atomic E-state index is -3.62. The summed E-state index contributed by atoms with van der Waals surface area (Å²) < 4.78 is 29.0. The molecule has 136 valence electrons. The summed E-state index contributed by atoms with van der Waals surface area (Å²) in [6.07, 6.45) is 6.32. The first kappa shape index (κ1) is 18.1. The molecule has 1 fully saturated rings. The first-order valence-corrected chi connectivity index (χ1v) is 10.5. The third-order valence-corrected chi connectivity index (χ3v) is 7.25. The standard InChI is InChI=1S/C16H22N4O3S2/c1-18(11-13-10-17-19(2)12-13)16(21)15-14(6-9-24-15)25(22,23)20-7-4-3-5-8-20/h6,9-10,12H,3-5,7-8,11H2,1-2H3. The zero-order chi connectivity index (χ0) is 18.0. The van der Waals surface area contributed by atoms with E-state index in [0.717, 1.165) is 24.8 Å². The summed E-state index contributed by atoms with van der Waals surface area (Å²) in [5, 5.41) is 5.76. The molecule has 7 nitrogen and oxygen atoms in total. The Balaban J connectivity index is 1.81. The van der Waals surface area contributed by atoms with Crippen LogP contribution in [0.25, 0.3) is 0 Å². The monoisotopic (exact) mass is 382 g/mol. The van der Waals surface area contributed by atoms with E-state index < -0.39 is 10.0 Å². The number of carbonyl (C=O) groups is 1. The Labute approximate surface area is 151 Å². The maximum Gasteiger partial charge on any atom is 0.265 e. The highest BCUT2D eigenvalue weighted by Crippen LogP contribution is 2.28. The zero-order valence-electron chi connectivity index (χ0n) is 14.4. The smallest absolute Gasteiger partial charge is 0.265 e. The fourth-order valence-electron chi connectivity index (χ4n) is 2.97. The molecule has 1 aliphatic heterocycles. The number of aromatic nitrogens is 2. The molecule has 1 aliphatic rings. The molecule has 0 aliphatic carbocycles. The first-order valence-electron chi connectivity index (χ1n) is 8.20. The summed E-state index contributed by atoms with van der Waals surface area (Å²) in [5.74, 6) is -0.283. The van der Waals surface area contributed by atoms with Crippen LogP contribution in [0.2, 0.25) is 0 Å². The Kier molecular flexibility index (Phi) is 5.26. The van der Waals surface area contributed by atoms with Crippen molar-refractivity contribution in [3.8, 4) is 0 Å². The molecule has 0 saturated carbocycles. The molecular weight excluding hydrogens is 360 g/mol. The maximum absolute atomic E-state index is 12.9. The van der Waals surface area contributed by atoms with Crippen molar-refractivity contribution in [2.45, 2.75) is 30.7 Å². The summed E-state index contributed by atoms with van der Waals surface area (Å²) in [6.45, 7) is 1.43. The van der Waals surface area contributed by atoms with Crippen LogP contribution in [0, 0.1) is 0 Å². The lowest BCUT2D eigenvalue weighted by molar-refractivity contribution is 0.0786. The van der Waals surface area contributed by atoms with Crippen molar-refractivity contribution in [3.05, 3.63) is 34.3 Å². The Bertz CT molecular complexity index is 850. The molecule has 0 N–H and O–H groups in total. The van der Waals surface area contributed by atoms with E-state index >= 15 is 0 Å². The minimum Gasteiger partial charge on any atom is -0.337 e. The van der Waals surface area contributed by atoms with E-state index in [1.54, 1.807) is 29.4 Å². The quantitative estimate of drug-likeness (QED) is 0.792. The second-order valence-electron chi connectivity index (χ2n) is 6.26. The van der Waals surface area contributed by atoms with Crippen LogP contribution in [0.3, 0.4) is 0 Å². The minimum absolute atomic E-state index is 0.127. The molecule has 25 heavy (non-hydrogen) atoms. The molecule has 2 aromatic rings. The van der Waals surface area contributed by atoms with Gasteiger partial charge in [0.2, 0.25) is 10.0 Å². The number of piperidine rings is 1. The Hall–Kier alpha value is -1.71. The highest BCUT2D eigenvalue weighted by molar-refractivity contribution is 7.89. The Morgan fingerprint density at radius 1 is 1.32 bits per heavy atom. The van der Waals surface area contributed by atoms with Gasteiger partial charge in [-0.3, -0.25) is 9.48 Å². The van der Waals surface area contributed by atoms with Gasteiger partial charge in [0.25, 0.3) is 5.91 Å². The number of carbonyl (C=O) groups excluding carboxylic acids is 1. The molecule has 3 heterocycles. The summed E-state index contributed by atoms with van der Waals surface area (Å²) in [7, 11) is -0.130. The van der Waals surface area contributed by atoms with Gasteiger partial charge in [-0.25, -0.2) is 8.42 Å². The van der Waals surface area contributed by atoms with Gasteiger partial charge >= 0.3 is 0 Å². The lowest BCUT2D eigenvalue weighted by atomic mass is 10.2. The number of rotatable bonds is 5. The van der Waals surface area contributed by atoms with Crippen molar-refractivity contribution in [1.82, 2.24) is 19.0 Å². The van der Waals surface area contributed by atoms with Gasteiger partial charge < -0.3 is 4.90 Å². The molecule has 9 heteroatoms. The second kappa shape index (κ2) is 7.27. The van der Waals surface area contributed by atoms with E-state index in [1.165, 1.54) is 20.5 Å². The summed E-state index contributed by atoms with van der Waals surface area (Å²) in [6, 6.07) is 1.54. The highest BCUT2D eigenvalue weighted by atomic mass is 32.2. The molecule has 3 rings (SSSR count). The third kappa shape index (κ3) is 3.78. The van der Waals surface area contributed by atoms with Gasteiger partial charge in [0.15, 0.2) is 0 Å². The molecule has 0 bridgehead atoms. The van der Waals surface area contributed by atoms with Gasteiger partial charge in [0, 0.05) is 45.5 Å². The first-order chi connectivity index (χ1) is 11.9. The highest BCUT2D eigenvalue weighted by Gasteiger charge is 2.31. The lowest BCUT2D eigenvalue weighted by Crippen LogP contribution is -2.36. The summed E-state index contributed by atoms with van der Waals surface area (Å²) in [5.41, 5.74) is 0.898. The van der Waals surface area contributed by atoms with Crippen molar-refractivity contribution in [3.63, 3.8) is 0 Å². The third-order valence-electron chi connectivity index (χ3n) is 4.28. The van der Waals surface area contributed by atoms with Crippen LogP contribution in [0.1, 0.15) is 34.5 Å². The maximum atomic E-state index is 12.9. The van der Waals surface area contributed by atoms with Crippen molar-refractivity contribution in [1.29, 1.82) is 0 Å². The fourth-order valence-corrected chi connectivity index (χ4v) is 5.88. The van der Waals surface area contributed by atoms with E-state index in [0.29, 0.717) is 19.6 Å². The normalized spacial score (nSPS) is 16.1. The Morgan fingerprint density at radius 2 is 2.04 bits per heavy atom. The molecule has 0 radical (unpaired) electrons. The van der Waals surface area contributed by atoms with E-state index in [9.17, 15) is 13.2 Å². The van der Waals surface area contributed by atoms with Crippen molar-refractivity contribution >= 4 is 27.3 Å². The topological polar surface area (TPSA) is 75.5 Å². The predicted molar refractivity (Wildman–Crippen MR) is 95.9 cm³/mol. The predicted octanol–water partition coefficient (Wildman–Crippen LogP) is 1.93. The van der Waals surface area contributed by atoms with E-state index in [4.69, 9.17) is 0 Å². The van der Waals surface area contributed by atoms with Crippen molar-refractivity contribution in [2.24, 2.45) is 7.05 Å². The molecule has 0 spiro atoms. The summed E-state index contributed by atoms with van der Waals surface area (Å²) >= 11 is 1.17. The number of amides is 1. The van der Waals surface area contributed by atoms with Crippen LogP contribution >= 0.6 is 11.3 Å². The lowest BCUT2D eigenvalue weighted by Gasteiger charge is -2.26. The average Bonchev–Trinajstić information content (AvgIpc) is 3.24. The molecule has 1 saturated heterocycles. The van der Waals surface area contributed by atoms with Crippen molar-refractivity contribution in [2.75, 3.05) is 20.1 Å². The van der Waals surface area contributed by atoms with Gasteiger partial charge in [0.1, 0.15) is 9.77 Å². The number of nitrogens with zero attached hydrogens (tertiary/aromatic N) is 4. The van der Waals surface area contributed by atoms with Crippen LogP contribution < -0.4 is 0 Å². The Morgan fingerprint density at radius 3 is 2.68 bits per heavy atom. The molecule has 0 atom stereocenters. The van der Waals surface area contributed by atoms with Crippen LogP contribution in [0.4, 0.5) is 0 Å². The average molecular weight is 383 g/mol. The van der Waals surface area contributed by atoms with Gasteiger partial charge in [-0.1, -0.05) is 6.42 Å². The largest absolute Gasteiger partial charge is 0.337 e.